The van der Waals surface area contributed by atoms with Gasteiger partial charge in [0.15, 0.2) is 0 Å². The van der Waals surface area contributed by atoms with Gasteiger partial charge in [0.05, 0.1) is 0 Å². The van der Waals surface area contributed by atoms with Crippen molar-refractivity contribution >= 4 is 46.4 Å². The van der Waals surface area contributed by atoms with Gasteiger partial charge < -0.3 is 0 Å². The molecule has 0 aromatic heterocycles. The standard InChI is InChI=1S/C5HCl4F5/c6-2(11)1(10)3(7,12)5(9,14)4(2,8)13/h1H. The molecule has 84 valence electrons. The van der Waals surface area contributed by atoms with Crippen molar-refractivity contribution in [3.05, 3.63) is 0 Å². The Morgan fingerprint density at radius 2 is 0.929 bits per heavy atom. The van der Waals surface area contributed by atoms with E-state index < -0.39 is 26.7 Å². The number of halogens is 9. The maximum absolute atomic E-state index is 13.1. The molecule has 9 heteroatoms. The molecule has 0 aromatic carbocycles. The van der Waals surface area contributed by atoms with Crippen LogP contribution >= 0.6 is 46.4 Å². The lowest BCUT2D eigenvalue weighted by Crippen LogP contribution is -2.48. The highest BCUT2D eigenvalue weighted by molar-refractivity contribution is 6.44. The minimum absolute atomic E-state index is 3.55. The van der Waals surface area contributed by atoms with E-state index in [0.29, 0.717) is 0 Å². The monoisotopic (exact) mass is 296 g/mol. The molecule has 14 heavy (non-hydrogen) atoms. The molecule has 1 fully saturated rings. The van der Waals surface area contributed by atoms with Crippen LogP contribution in [0, 0.1) is 0 Å². The van der Waals surface area contributed by atoms with Crippen LogP contribution in [0.3, 0.4) is 0 Å². The highest BCUT2D eigenvalue weighted by Gasteiger charge is 2.88. The highest BCUT2D eigenvalue weighted by Crippen LogP contribution is 2.67. The van der Waals surface area contributed by atoms with E-state index in [1.54, 1.807) is 0 Å². The molecular weight excluding hydrogens is 297 g/mol. The summed E-state index contributed by atoms with van der Waals surface area (Å²) in [5.74, 6) is 0. The van der Waals surface area contributed by atoms with E-state index in [-0.39, 0.29) is 0 Å². The van der Waals surface area contributed by atoms with Crippen LogP contribution in [0.5, 0.6) is 0 Å². The lowest BCUT2D eigenvalue weighted by atomic mass is 10.2. The summed E-state index contributed by atoms with van der Waals surface area (Å²) in [7, 11) is 0. The van der Waals surface area contributed by atoms with Gasteiger partial charge in [-0.1, -0.05) is 46.4 Å². The van der Waals surface area contributed by atoms with E-state index in [9.17, 15) is 22.0 Å². The molecule has 0 amide bonds. The summed E-state index contributed by atoms with van der Waals surface area (Å²) >= 11 is 18.3. The number of alkyl halides is 9. The Balaban J connectivity index is 3.38. The lowest BCUT2D eigenvalue weighted by molar-refractivity contribution is 0.0223. The Hall–Kier alpha value is 0.810. The average molecular weight is 298 g/mol. The second kappa shape index (κ2) is 2.93. The Kier molecular flexibility index (Phi) is 2.70. The Morgan fingerprint density at radius 3 is 1.00 bits per heavy atom. The fourth-order valence-corrected chi connectivity index (χ4v) is 2.14. The van der Waals surface area contributed by atoms with Gasteiger partial charge in [-0.25, -0.2) is 22.0 Å². The first-order valence-corrected chi connectivity index (χ1v) is 4.57. The summed E-state index contributed by atoms with van der Waals surface area (Å²) in [5, 5.41) is -17.0. The molecule has 4 unspecified atom stereocenters. The SMILES string of the molecule is FC1C(F)(Cl)C(F)(Cl)C(F)(Cl)C1(F)Cl. The molecule has 0 radical (unpaired) electrons. The first-order valence-electron chi connectivity index (χ1n) is 3.06. The fraction of sp³-hybridized carbons (Fsp3) is 1.00. The van der Waals surface area contributed by atoms with Crippen LogP contribution in [-0.2, 0) is 0 Å². The first kappa shape index (κ1) is 12.9. The van der Waals surface area contributed by atoms with Gasteiger partial charge in [0.25, 0.3) is 20.5 Å². The fourth-order valence-electron chi connectivity index (χ4n) is 0.965. The van der Waals surface area contributed by atoms with Crippen molar-refractivity contribution < 1.29 is 22.0 Å². The van der Waals surface area contributed by atoms with Crippen LogP contribution in [0.1, 0.15) is 0 Å². The zero-order chi connectivity index (χ0) is 11.6. The molecule has 0 saturated heterocycles. The highest BCUT2D eigenvalue weighted by atomic mass is 35.5. The maximum Gasteiger partial charge on any atom is 0.286 e. The lowest BCUT2D eigenvalue weighted by Gasteiger charge is -2.27. The molecule has 0 heterocycles. The van der Waals surface area contributed by atoms with Gasteiger partial charge in [-0.15, -0.1) is 0 Å². The summed E-state index contributed by atoms with van der Waals surface area (Å²) in [6.07, 6.45) is -3.55. The van der Waals surface area contributed by atoms with E-state index in [1.165, 1.54) is 0 Å². The largest absolute Gasteiger partial charge is 0.286 e. The van der Waals surface area contributed by atoms with Crippen LogP contribution in [0.25, 0.3) is 0 Å². The van der Waals surface area contributed by atoms with Gasteiger partial charge in [0, 0.05) is 0 Å². The number of hydrogen-bond donors (Lipinski definition) is 0. The average Bonchev–Trinajstić information content (AvgIpc) is 2.05. The second-order valence-corrected chi connectivity index (χ2v) is 4.90. The van der Waals surface area contributed by atoms with Crippen molar-refractivity contribution in [3.8, 4) is 0 Å². The van der Waals surface area contributed by atoms with E-state index >= 15 is 0 Å². The molecule has 0 spiro atoms. The third-order valence-electron chi connectivity index (χ3n) is 1.87. The van der Waals surface area contributed by atoms with Crippen molar-refractivity contribution in [2.45, 2.75) is 26.7 Å². The van der Waals surface area contributed by atoms with Gasteiger partial charge in [-0.2, -0.15) is 0 Å². The van der Waals surface area contributed by atoms with Crippen LogP contribution in [0.4, 0.5) is 22.0 Å². The van der Waals surface area contributed by atoms with Gasteiger partial charge >= 0.3 is 0 Å². The molecule has 0 bridgehead atoms. The van der Waals surface area contributed by atoms with E-state index in [1.807, 2.05) is 0 Å². The van der Waals surface area contributed by atoms with Crippen molar-refractivity contribution in [2.24, 2.45) is 0 Å². The predicted octanol–water partition coefficient (Wildman–Crippen LogP) is 3.96. The van der Waals surface area contributed by atoms with Crippen LogP contribution < -0.4 is 0 Å². The van der Waals surface area contributed by atoms with Crippen molar-refractivity contribution in [3.63, 3.8) is 0 Å². The zero-order valence-electron chi connectivity index (χ0n) is 5.98. The van der Waals surface area contributed by atoms with Gasteiger partial charge in [0.2, 0.25) is 6.17 Å². The molecule has 1 saturated carbocycles. The first-order chi connectivity index (χ1) is 5.90. The third kappa shape index (κ3) is 1.13. The summed E-state index contributed by atoms with van der Waals surface area (Å²) in [6, 6.07) is 0. The predicted molar refractivity (Wildman–Crippen MR) is 43.7 cm³/mol. The molecular formula is C5HCl4F5. The maximum atomic E-state index is 13.1. The second-order valence-electron chi connectivity index (χ2n) is 2.76. The molecule has 0 nitrogen and oxygen atoms in total. The normalized spacial score (nSPS) is 64.5. The van der Waals surface area contributed by atoms with Gasteiger partial charge in [-0.3, -0.25) is 0 Å². The summed E-state index contributed by atoms with van der Waals surface area (Å²) < 4.78 is 65.0. The Labute approximate surface area is 95.2 Å². The van der Waals surface area contributed by atoms with Gasteiger partial charge in [-0.05, 0) is 0 Å². The zero-order valence-corrected chi connectivity index (χ0v) is 9.00. The Bertz CT molecular complexity index is 237. The van der Waals surface area contributed by atoms with E-state index in [0.717, 1.165) is 0 Å². The summed E-state index contributed by atoms with van der Waals surface area (Å²) in [5.41, 5.74) is 0. The molecule has 1 rings (SSSR count). The summed E-state index contributed by atoms with van der Waals surface area (Å²) in [4.78, 5) is 0. The molecule has 4 atom stereocenters. The van der Waals surface area contributed by atoms with Crippen molar-refractivity contribution in [2.75, 3.05) is 0 Å². The minimum atomic E-state index is -4.32. The molecule has 1 aliphatic rings. The van der Waals surface area contributed by atoms with Crippen molar-refractivity contribution in [1.82, 2.24) is 0 Å². The topological polar surface area (TPSA) is 0 Å². The third-order valence-corrected chi connectivity index (χ3v) is 4.13. The molecule has 0 N–H and O–H groups in total. The van der Waals surface area contributed by atoms with E-state index in [4.69, 9.17) is 0 Å². The van der Waals surface area contributed by atoms with Crippen LogP contribution in [0.2, 0.25) is 0 Å². The van der Waals surface area contributed by atoms with Crippen LogP contribution in [0.15, 0.2) is 0 Å². The summed E-state index contributed by atoms with van der Waals surface area (Å²) in [6.45, 7) is 0. The van der Waals surface area contributed by atoms with Crippen LogP contribution in [-0.4, -0.2) is 26.7 Å². The quantitative estimate of drug-likeness (QED) is 0.469. The molecule has 0 aliphatic heterocycles. The minimum Gasteiger partial charge on any atom is -0.237 e. The smallest absolute Gasteiger partial charge is 0.237 e. The van der Waals surface area contributed by atoms with E-state index in [2.05, 4.69) is 46.4 Å². The van der Waals surface area contributed by atoms with Crippen molar-refractivity contribution in [1.29, 1.82) is 0 Å². The number of hydrogen-bond acceptors (Lipinski definition) is 0. The molecule has 0 aromatic rings. The molecule has 1 aliphatic carbocycles. The van der Waals surface area contributed by atoms with Gasteiger partial charge in [0.1, 0.15) is 0 Å². The number of rotatable bonds is 0. The Morgan fingerprint density at radius 1 is 0.714 bits per heavy atom.